The number of nitrogens with one attached hydrogen (secondary N) is 1. The molecule has 1 aliphatic rings. The topological polar surface area (TPSA) is 169 Å². The Morgan fingerprint density at radius 1 is 0.686 bits per heavy atom. The average molecular weight is 710 g/mol. The molecule has 0 amide bonds. The summed E-state index contributed by atoms with van der Waals surface area (Å²) in [6.07, 6.45) is -4.35. The van der Waals surface area contributed by atoms with Crippen molar-refractivity contribution in [1.29, 1.82) is 0 Å². The molecular weight excluding hydrogens is 678 g/mol. The predicted molar refractivity (Wildman–Crippen MR) is 183 cm³/mol. The first kappa shape index (κ1) is 34.7. The zero-order valence-electron chi connectivity index (χ0n) is 26.8. The Labute approximate surface area is 292 Å². The normalized spacial score (nSPS) is 18.4. The fourth-order valence-corrected chi connectivity index (χ4v) is 6.47. The number of carbonyl (C=O) groups excluding carboxylic acids is 3. The Kier molecular flexibility index (Phi) is 10.6. The van der Waals surface area contributed by atoms with Gasteiger partial charge in [0.1, 0.15) is 18.5 Å². The summed E-state index contributed by atoms with van der Waals surface area (Å²) in [7, 11) is -3.96. The summed E-state index contributed by atoms with van der Waals surface area (Å²) in [5.74, 6) is -2.93. The molecule has 0 bridgehead atoms. The second kappa shape index (κ2) is 15.6. The third-order valence-electron chi connectivity index (χ3n) is 7.74. The van der Waals surface area contributed by atoms with Crippen LogP contribution in [-0.4, -0.2) is 60.8 Å². The molecule has 1 saturated heterocycles. The van der Waals surface area contributed by atoms with Gasteiger partial charge < -0.3 is 18.9 Å². The number of carbonyl (C=O) groups is 3. The summed E-state index contributed by atoms with van der Waals surface area (Å²) in [6.45, 7) is -0.462. The van der Waals surface area contributed by atoms with Crippen LogP contribution in [0.2, 0.25) is 0 Å². The molecule has 0 aliphatic carbocycles. The summed E-state index contributed by atoms with van der Waals surface area (Å²) in [6, 6.07) is 33.9. The molecule has 0 spiro atoms. The monoisotopic (exact) mass is 709 g/mol. The van der Waals surface area contributed by atoms with Crippen LogP contribution in [-0.2, 0) is 34.7 Å². The summed E-state index contributed by atoms with van der Waals surface area (Å²) >= 11 is 0. The van der Waals surface area contributed by atoms with Gasteiger partial charge in [-0.1, -0.05) is 84.9 Å². The van der Waals surface area contributed by atoms with Gasteiger partial charge >= 0.3 is 23.6 Å². The van der Waals surface area contributed by atoms with Crippen molar-refractivity contribution in [2.75, 3.05) is 11.3 Å². The summed E-state index contributed by atoms with van der Waals surface area (Å²) in [5.41, 5.74) is 0.145. The van der Waals surface area contributed by atoms with Gasteiger partial charge in [-0.05, 0) is 48.0 Å². The number of aromatic nitrogens is 2. The van der Waals surface area contributed by atoms with E-state index < -0.39 is 64.8 Å². The first-order valence-electron chi connectivity index (χ1n) is 15.7. The van der Waals surface area contributed by atoms with Gasteiger partial charge in [-0.25, -0.2) is 27.6 Å². The largest absolute Gasteiger partial charge is 0.459 e. The molecule has 4 atom stereocenters. The molecule has 0 unspecified atom stereocenters. The van der Waals surface area contributed by atoms with Crippen LogP contribution in [0.25, 0.3) is 0 Å². The molecule has 5 aromatic rings. The second-order valence-corrected chi connectivity index (χ2v) is 13.1. The van der Waals surface area contributed by atoms with Crippen LogP contribution in [0.5, 0.6) is 0 Å². The molecule has 0 saturated carbocycles. The fraction of sp³-hybridized carbons (Fsp3) is 0.162. The molecule has 6 rings (SSSR count). The lowest BCUT2D eigenvalue weighted by Crippen LogP contribution is -2.42. The van der Waals surface area contributed by atoms with Gasteiger partial charge in [0.15, 0.2) is 18.4 Å². The number of benzene rings is 4. The number of nitrogens with zero attached hydrogens (tertiary/aromatic N) is 2. The Bertz CT molecular complexity index is 2150. The maximum atomic E-state index is 13.5. The van der Waals surface area contributed by atoms with Crippen molar-refractivity contribution >= 4 is 33.7 Å². The van der Waals surface area contributed by atoms with Gasteiger partial charge in [0.05, 0.1) is 22.4 Å². The van der Waals surface area contributed by atoms with E-state index in [4.69, 9.17) is 18.9 Å². The molecule has 13 nitrogen and oxygen atoms in total. The lowest BCUT2D eigenvalue weighted by molar-refractivity contribution is -0.0639. The Hall–Kier alpha value is -6.12. The highest BCUT2D eigenvalue weighted by molar-refractivity contribution is 7.91. The predicted octanol–water partition coefficient (Wildman–Crippen LogP) is 4.39. The molecule has 0 radical (unpaired) electrons. The van der Waals surface area contributed by atoms with E-state index in [1.807, 2.05) is 0 Å². The molecule has 260 valence electrons. The number of hydrogen-bond donors (Lipinski definition) is 1. The van der Waals surface area contributed by atoms with Crippen LogP contribution in [0.15, 0.2) is 138 Å². The zero-order valence-corrected chi connectivity index (χ0v) is 27.6. The van der Waals surface area contributed by atoms with Gasteiger partial charge in [0.25, 0.3) is 0 Å². The number of hydrogen-bond acceptors (Lipinski definition) is 11. The summed E-state index contributed by atoms with van der Waals surface area (Å²) in [5, 5.41) is 0. The number of sulfonamides is 1. The molecule has 1 aliphatic heterocycles. The molecule has 1 fully saturated rings. The first-order valence-corrected chi connectivity index (χ1v) is 17.4. The van der Waals surface area contributed by atoms with Gasteiger partial charge in [-0.15, -0.1) is 0 Å². The number of rotatable bonds is 12. The lowest BCUT2D eigenvalue weighted by Gasteiger charge is -2.25. The number of ether oxygens (including phenoxy) is 4. The van der Waals surface area contributed by atoms with Crippen molar-refractivity contribution in [3.8, 4) is 0 Å². The van der Waals surface area contributed by atoms with Crippen LogP contribution >= 0.6 is 0 Å². The maximum Gasteiger partial charge on any atom is 0.351 e. The quantitative estimate of drug-likeness (QED) is 0.144. The van der Waals surface area contributed by atoms with E-state index >= 15 is 0 Å². The third kappa shape index (κ3) is 8.73. The zero-order chi connectivity index (χ0) is 35.8. The van der Waals surface area contributed by atoms with Crippen molar-refractivity contribution in [3.63, 3.8) is 0 Å². The SMILES string of the molecule is O=C(OC[C@@H]1O[C@H](n2ccc(NS(=O)(=O)Cc3ccccc3)nc2=O)[C@@H](OC(=O)c2ccccc2)[C@H]1OC(=O)c1ccccc1)c1ccccc1. The van der Waals surface area contributed by atoms with Crippen LogP contribution in [0, 0.1) is 0 Å². The highest BCUT2D eigenvalue weighted by Crippen LogP contribution is 2.35. The van der Waals surface area contributed by atoms with Crippen LogP contribution in [0.4, 0.5) is 5.82 Å². The van der Waals surface area contributed by atoms with E-state index in [0.29, 0.717) is 5.56 Å². The standard InChI is InChI=1S/C37H31N3O10S/c41-34(26-15-7-2-8-16-26)47-23-29-31(49-35(42)27-17-9-3-10-18-27)32(50-36(43)28-19-11-4-12-20-28)33(48-29)40-22-21-30(38-37(40)44)39-51(45,46)24-25-13-5-1-6-14-25/h1-22,29,31-33H,23-24H2,(H,38,39,44)/t29-,31-,32-,33-/m0/s1. The number of anilines is 1. The Morgan fingerprint density at radius 3 is 1.71 bits per heavy atom. The summed E-state index contributed by atoms with van der Waals surface area (Å²) < 4.78 is 52.4. The molecule has 1 N–H and O–H groups in total. The third-order valence-corrected chi connectivity index (χ3v) is 8.98. The fourth-order valence-electron chi connectivity index (χ4n) is 5.33. The van der Waals surface area contributed by atoms with E-state index in [9.17, 15) is 27.6 Å². The molecule has 51 heavy (non-hydrogen) atoms. The van der Waals surface area contributed by atoms with Crippen molar-refractivity contribution in [1.82, 2.24) is 9.55 Å². The number of esters is 3. The van der Waals surface area contributed by atoms with Gasteiger partial charge in [0.2, 0.25) is 10.0 Å². The highest BCUT2D eigenvalue weighted by Gasteiger charge is 2.51. The minimum atomic E-state index is -3.96. The smallest absolute Gasteiger partial charge is 0.351 e. The maximum absolute atomic E-state index is 13.5. The van der Waals surface area contributed by atoms with Crippen LogP contribution < -0.4 is 10.4 Å². The highest BCUT2D eigenvalue weighted by atomic mass is 32.2. The van der Waals surface area contributed by atoms with E-state index in [1.165, 1.54) is 36.5 Å². The summed E-state index contributed by atoms with van der Waals surface area (Å²) in [4.78, 5) is 57.0. The van der Waals surface area contributed by atoms with E-state index in [2.05, 4.69) is 9.71 Å². The Morgan fingerprint density at radius 2 is 1.18 bits per heavy atom. The molecule has 14 heteroatoms. The molecule has 2 heterocycles. The molecular formula is C37H31N3O10S. The van der Waals surface area contributed by atoms with Crippen molar-refractivity contribution in [2.24, 2.45) is 0 Å². The minimum Gasteiger partial charge on any atom is -0.459 e. The van der Waals surface area contributed by atoms with Gasteiger partial charge in [-0.2, -0.15) is 4.98 Å². The van der Waals surface area contributed by atoms with Gasteiger partial charge in [0, 0.05) is 6.20 Å². The van der Waals surface area contributed by atoms with Crippen LogP contribution in [0.3, 0.4) is 0 Å². The molecule has 4 aromatic carbocycles. The average Bonchev–Trinajstić information content (AvgIpc) is 3.47. The minimum absolute atomic E-state index is 0.164. The van der Waals surface area contributed by atoms with E-state index in [0.717, 1.165) is 4.57 Å². The second-order valence-electron chi connectivity index (χ2n) is 11.4. The van der Waals surface area contributed by atoms with Crippen LogP contribution in [0.1, 0.15) is 42.9 Å². The van der Waals surface area contributed by atoms with E-state index in [1.54, 1.807) is 97.1 Å². The van der Waals surface area contributed by atoms with Crippen molar-refractivity contribution < 1.29 is 41.7 Å². The van der Waals surface area contributed by atoms with Crippen molar-refractivity contribution in [2.45, 2.75) is 30.3 Å². The molecule has 1 aromatic heterocycles. The lowest BCUT2D eigenvalue weighted by atomic mass is 10.1. The van der Waals surface area contributed by atoms with E-state index in [-0.39, 0.29) is 28.3 Å². The first-order chi connectivity index (χ1) is 24.7. The Balaban J connectivity index is 1.32. The van der Waals surface area contributed by atoms with Crippen molar-refractivity contribution in [3.05, 3.63) is 166 Å². The van der Waals surface area contributed by atoms with Gasteiger partial charge in [-0.3, -0.25) is 9.29 Å².